The topological polar surface area (TPSA) is 32.3 Å². The van der Waals surface area contributed by atoms with E-state index in [1.165, 1.54) is 24.6 Å². The average molecular weight is 255 g/mol. The number of hydrogen-bond acceptors (Lipinski definition) is 2. The second kappa shape index (κ2) is 5.65. The van der Waals surface area contributed by atoms with Gasteiger partial charge in [0.25, 0.3) is 0 Å². The Labute approximate surface area is 106 Å². The number of benzene rings is 1. The SMILES string of the molecule is OCC1(CNc2c(F)cccc2F)CCCCC1. The highest BCUT2D eigenvalue weighted by atomic mass is 19.1. The van der Waals surface area contributed by atoms with Crippen molar-refractivity contribution in [3.8, 4) is 0 Å². The number of aliphatic hydroxyl groups excluding tert-OH is 1. The van der Waals surface area contributed by atoms with Gasteiger partial charge in [0.2, 0.25) is 0 Å². The van der Waals surface area contributed by atoms with Crippen LogP contribution in [0.3, 0.4) is 0 Å². The molecular formula is C14H19F2NO. The minimum Gasteiger partial charge on any atom is -0.396 e. The van der Waals surface area contributed by atoms with E-state index in [-0.39, 0.29) is 17.7 Å². The Hall–Kier alpha value is -1.16. The Kier molecular flexibility index (Phi) is 4.17. The molecule has 0 radical (unpaired) electrons. The van der Waals surface area contributed by atoms with E-state index < -0.39 is 11.6 Å². The summed E-state index contributed by atoms with van der Waals surface area (Å²) in [5.41, 5.74) is -0.316. The van der Waals surface area contributed by atoms with Gasteiger partial charge in [-0.05, 0) is 25.0 Å². The molecule has 0 saturated heterocycles. The van der Waals surface area contributed by atoms with Crippen LogP contribution < -0.4 is 5.32 Å². The molecule has 100 valence electrons. The molecule has 1 saturated carbocycles. The maximum absolute atomic E-state index is 13.5. The van der Waals surface area contributed by atoms with Gasteiger partial charge >= 0.3 is 0 Å². The number of nitrogens with one attached hydrogen (secondary N) is 1. The van der Waals surface area contributed by atoms with Crippen LogP contribution in [0.4, 0.5) is 14.5 Å². The smallest absolute Gasteiger partial charge is 0.149 e. The summed E-state index contributed by atoms with van der Waals surface area (Å²) in [5.74, 6) is -1.17. The zero-order valence-corrected chi connectivity index (χ0v) is 10.4. The van der Waals surface area contributed by atoms with Crippen LogP contribution in [0.25, 0.3) is 0 Å². The lowest BCUT2D eigenvalue weighted by Crippen LogP contribution is -2.35. The molecule has 4 heteroatoms. The fraction of sp³-hybridized carbons (Fsp3) is 0.571. The average Bonchev–Trinajstić information content (AvgIpc) is 2.39. The molecule has 0 aromatic heterocycles. The highest BCUT2D eigenvalue weighted by molar-refractivity contribution is 5.46. The van der Waals surface area contributed by atoms with Crippen molar-refractivity contribution >= 4 is 5.69 Å². The predicted octanol–water partition coefficient (Wildman–Crippen LogP) is 3.32. The molecule has 2 nitrogen and oxygen atoms in total. The van der Waals surface area contributed by atoms with Crippen LogP contribution in [0.5, 0.6) is 0 Å². The normalized spacial score (nSPS) is 18.6. The van der Waals surface area contributed by atoms with Gasteiger partial charge in [0.1, 0.15) is 17.3 Å². The van der Waals surface area contributed by atoms with Crippen LogP contribution in [0.2, 0.25) is 0 Å². The summed E-state index contributed by atoms with van der Waals surface area (Å²) in [6.45, 7) is 0.484. The molecule has 1 aromatic carbocycles. The van der Waals surface area contributed by atoms with Crippen molar-refractivity contribution in [1.29, 1.82) is 0 Å². The summed E-state index contributed by atoms with van der Waals surface area (Å²) in [6.07, 6.45) is 5.14. The number of halogens is 2. The van der Waals surface area contributed by atoms with Crippen molar-refractivity contribution in [3.05, 3.63) is 29.8 Å². The Morgan fingerprint density at radius 3 is 2.28 bits per heavy atom. The first kappa shape index (κ1) is 13.3. The third-order valence-corrected chi connectivity index (χ3v) is 3.85. The summed E-state index contributed by atoms with van der Waals surface area (Å²) < 4.78 is 26.9. The molecule has 1 aromatic rings. The standard InChI is InChI=1S/C14H19F2NO/c15-11-5-4-6-12(16)13(11)17-9-14(10-18)7-2-1-3-8-14/h4-6,17-18H,1-3,7-10H2. The Balaban J connectivity index is 2.05. The van der Waals surface area contributed by atoms with Gasteiger partial charge < -0.3 is 10.4 Å². The van der Waals surface area contributed by atoms with E-state index in [0.29, 0.717) is 6.54 Å². The molecule has 0 atom stereocenters. The molecule has 18 heavy (non-hydrogen) atoms. The summed E-state index contributed by atoms with van der Waals surface area (Å²) >= 11 is 0. The lowest BCUT2D eigenvalue weighted by atomic mass is 9.74. The molecule has 0 heterocycles. The van der Waals surface area contributed by atoms with Crippen LogP contribution in [0, 0.1) is 17.0 Å². The zero-order valence-electron chi connectivity index (χ0n) is 10.4. The lowest BCUT2D eigenvalue weighted by molar-refractivity contribution is 0.0942. The first-order valence-electron chi connectivity index (χ1n) is 6.46. The monoisotopic (exact) mass is 255 g/mol. The molecule has 0 unspecified atom stereocenters. The highest BCUT2D eigenvalue weighted by Crippen LogP contribution is 2.36. The molecule has 1 aliphatic rings. The predicted molar refractivity (Wildman–Crippen MR) is 67.5 cm³/mol. The molecule has 2 N–H and O–H groups in total. The number of para-hydroxylation sites is 1. The van der Waals surface area contributed by atoms with E-state index in [4.69, 9.17) is 0 Å². The van der Waals surface area contributed by atoms with E-state index in [2.05, 4.69) is 5.32 Å². The van der Waals surface area contributed by atoms with E-state index in [9.17, 15) is 13.9 Å². The molecule has 0 bridgehead atoms. The van der Waals surface area contributed by atoms with Gasteiger partial charge in [-0.1, -0.05) is 25.3 Å². The minimum absolute atomic E-state index is 0.0655. The van der Waals surface area contributed by atoms with Crippen molar-refractivity contribution in [1.82, 2.24) is 0 Å². The molecule has 2 rings (SSSR count). The summed E-state index contributed by atoms with van der Waals surface area (Å²) in [4.78, 5) is 0. The third-order valence-electron chi connectivity index (χ3n) is 3.85. The number of hydrogen-bond donors (Lipinski definition) is 2. The van der Waals surface area contributed by atoms with Crippen LogP contribution in [-0.4, -0.2) is 18.3 Å². The van der Waals surface area contributed by atoms with E-state index in [0.717, 1.165) is 25.7 Å². The quantitative estimate of drug-likeness (QED) is 0.865. The molecule has 0 spiro atoms. The van der Waals surface area contributed by atoms with Gasteiger partial charge in [-0.3, -0.25) is 0 Å². The minimum atomic E-state index is -0.584. The van der Waals surface area contributed by atoms with Crippen molar-refractivity contribution in [2.24, 2.45) is 5.41 Å². The van der Waals surface area contributed by atoms with Gasteiger partial charge in [-0.2, -0.15) is 0 Å². The maximum Gasteiger partial charge on any atom is 0.149 e. The molecule has 0 aliphatic heterocycles. The Bertz CT molecular complexity index is 383. The van der Waals surface area contributed by atoms with E-state index in [1.54, 1.807) is 0 Å². The fourth-order valence-corrected chi connectivity index (χ4v) is 2.64. The number of anilines is 1. The first-order chi connectivity index (χ1) is 8.67. The van der Waals surface area contributed by atoms with Gasteiger partial charge in [0.05, 0.1) is 6.61 Å². The molecule has 1 fully saturated rings. The molecule has 0 amide bonds. The van der Waals surface area contributed by atoms with E-state index in [1.807, 2.05) is 0 Å². The van der Waals surface area contributed by atoms with Crippen LogP contribution in [-0.2, 0) is 0 Å². The van der Waals surface area contributed by atoms with Gasteiger partial charge in [-0.25, -0.2) is 8.78 Å². The second-order valence-electron chi connectivity index (χ2n) is 5.17. The van der Waals surface area contributed by atoms with Crippen LogP contribution in [0.1, 0.15) is 32.1 Å². The number of aliphatic hydroxyl groups is 1. The third kappa shape index (κ3) is 2.80. The Morgan fingerprint density at radius 1 is 1.11 bits per heavy atom. The largest absolute Gasteiger partial charge is 0.396 e. The Morgan fingerprint density at radius 2 is 1.72 bits per heavy atom. The second-order valence-corrected chi connectivity index (χ2v) is 5.17. The van der Waals surface area contributed by atoms with Crippen molar-refractivity contribution in [2.45, 2.75) is 32.1 Å². The van der Waals surface area contributed by atoms with Gasteiger partial charge in [0, 0.05) is 12.0 Å². The van der Waals surface area contributed by atoms with Crippen molar-refractivity contribution in [2.75, 3.05) is 18.5 Å². The first-order valence-corrected chi connectivity index (χ1v) is 6.46. The molecule has 1 aliphatic carbocycles. The fourth-order valence-electron chi connectivity index (χ4n) is 2.64. The lowest BCUT2D eigenvalue weighted by Gasteiger charge is -2.36. The van der Waals surface area contributed by atoms with Gasteiger partial charge in [0.15, 0.2) is 0 Å². The summed E-state index contributed by atoms with van der Waals surface area (Å²) in [6, 6.07) is 3.81. The van der Waals surface area contributed by atoms with Crippen LogP contribution >= 0.6 is 0 Å². The molecular weight excluding hydrogens is 236 g/mol. The summed E-state index contributed by atoms with van der Waals surface area (Å²) in [7, 11) is 0. The van der Waals surface area contributed by atoms with Gasteiger partial charge in [-0.15, -0.1) is 0 Å². The summed E-state index contributed by atoms with van der Waals surface area (Å²) in [5, 5.41) is 12.4. The maximum atomic E-state index is 13.5. The van der Waals surface area contributed by atoms with Crippen molar-refractivity contribution in [3.63, 3.8) is 0 Å². The highest BCUT2D eigenvalue weighted by Gasteiger charge is 2.31. The van der Waals surface area contributed by atoms with E-state index >= 15 is 0 Å². The van der Waals surface area contributed by atoms with Crippen LogP contribution in [0.15, 0.2) is 18.2 Å². The van der Waals surface area contributed by atoms with Crippen molar-refractivity contribution < 1.29 is 13.9 Å². The zero-order chi connectivity index (χ0) is 13.0. The number of rotatable bonds is 4.